The Morgan fingerprint density at radius 3 is 2.41 bits per heavy atom. The number of nitrogens with one attached hydrogen (secondary N) is 2. The highest BCUT2D eigenvalue weighted by Gasteiger charge is 2.22. The molecular formula is C22H34ClN8O+. The minimum Gasteiger partial charge on any atom is -0.495 e. The predicted octanol–water partition coefficient (Wildman–Crippen LogP) is 2.77. The van der Waals surface area contributed by atoms with Crippen molar-refractivity contribution < 1.29 is 10.1 Å². The van der Waals surface area contributed by atoms with Crippen molar-refractivity contribution in [1.29, 1.82) is 0 Å². The van der Waals surface area contributed by atoms with Crippen LogP contribution in [0, 0.1) is 0 Å². The lowest BCUT2D eigenvalue weighted by Gasteiger charge is -2.26. The molecule has 0 radical (unpaired) electrons. The highest BCUT2D eigenvalue weighted by Crippen LogP contribution is 2.28. The summed E-state index contributed by atoms with van der Waals surface area (Å²) in [5.41, 5.74) is 4.22. The number of likely N-dealkylation sites (tertiary alicyclic amines) is 1. The third-order valence-corrected chi connectivity index (χ3v) is 6.37. The normalized spacial score (nSPS) is 18.8. The maximum absolute atomic E-state index is 6.30. The van der Waals surface area contributed by atoms with Crippen LogP contribution in [0.25, 0.3) is 0 Å². The van der Waals surface area contributed by atoms with Crippen molar-refractivity contribution in [3.05, 3.63) is 23.2 Å². The summed E-state index contributed by atoms with van der Waals surface area (Å²) in [5, 5.41) is 8.22. The molecule has 0 bridgehead atoms. The Morgan fingerprint density at radius 2 is 1.72 bits per heavy atom. The molecule has 2 aromatic rings. The van der Waals surface area contributed by atoms with Gasteiger partial charge < -0.3 is 15.0 Å². The van der Waals surface area contributed by atoms with Gasteiger partial charge >= 0.3 is 5.95 Å². The number of halogens is 1. The van der Waals surface area contributed by atoms with E-state index in [1.807, 2.05) is 18.2 Å². The van der Waals surface area contributed by atoms with Gasteiger partial charge in [0.25, 0.3) is 0 Å². The highest BCUT2D eigenvalue weighted by molar-refractivity contribution is 6.32. The van der Waals surface area contributed by atoms with E-state index in [0.29, 0.717) is 34.7 Å². The summed E-state index contributed by atoms with van der Waals surface area (Å²) < 4.78 is 5.25. The third kappa shape index (κ3) is 6.41. The van der Waals surface area contributed by atoms with Crippen molar-refractivity contribution in [2.24, 2.45) is 0 Å². The average Bonchev–Trinajstić information content (AvgIpc) is 3.04. The van der Waals surface area contributed by atoms with Gasteiger partial charge in [-0.25, -0.2) is 5.01 Å². The lowest BCUT2D eigenvalue weighted by atomic mass is 10.1. The number of benzene rings is 1. The summed E-state index contributed by atoms with van der Waals surface area (Å²) in [7, 11) is 3.77. The second-order valence-corrected chi connectivity index (χ2v) is 9.04. The number of aromatic nitrogens is 3. The van der Waals surface area contributed by atoms with Crippen LogP contribution in [0.15, 0.2) is 18.2 Å². The molecule has 1 aromatic heterocycles. The van der Waals surface area contributed by atoms with Crippen LogP contribution in [-0.2, 0) is 0 Å². The summed E-state index contributed by atoms with van der Waals surface area (Å²) in [6.07, 6.45) is 7.15. The fourth-order valence-corrected chi connectivity index (χ4v) is 4.43. The zero-order chi connectivity index (χ0) is 22.3. The minimum atomic E-state index is 0.475. The Balaban J connectivity index is 1.53. The Bertz CT molecular complexity index is 882. The molecule has 0 atom stereocenters. The Hall–Kier alpha value is -2.20. The zero-order valence-corrected chi connectivity index (χ0v) is 19.7. The first-order valence-corrected chi connectivity index (χ1v) is 11.9. The lowest BCUT2D eigenvalue weighted by Crippen LogP contribution is -2.86. The molecule has 0 spiro atoms. The van der Waals surface area contributed by atoms with E-state index in [4.69, 9.17) is 26.3 Å². The van der Waals surface area contributed by atoms with Crippen LogP contribution in [0.3, 0.4) is 0 Å². The molecule has 2 saturated heterocycles. The van der Waals surface area contributed by atoms with Crippen molar-refractivity contribution in [3.8, 4) is 5.75 Å². The van der Waals surface area contributed by atoms with E-state index in [9.17, 15) is 0 Å². The molecule has 4 rings (SSSR count). The van der Waals surface area contributed by atoms with Crippen molar-refractivity contribution in [1.82, 2.24) is 24.9 Å². The van der Waals surface area contributed by atoms with Crippen molar-refractivity contribution in [2.45, 2.75) is 44.6 Å². The fourth-order valence-electron chi connectivity index (χ4n) is 4.18. The van der Waals surface area contributed by atoms with Crippen LogP contribution in [0.5, 0.6) is 5.75 Å². The SMILES string of the molecule is COc1ccc(Nc2nc(NN3CCCCCC3)nc([NH2+]C3CCN(C)CC3)n2)cc1Cl. The number of hydrazine groups is 1. The maximum atomic E-state index is 6.30. The average molecular weight is 462 g/mol. The van der Waals surface area contributed by atoms with Crippen LogP contribution in [0.2, 0.25) is 5.02 Å². The largest absolute Gasteiger partial charge is 0.495 e. The van der Waals surface area contributed by atoms with Gasteiger partial charge in [0.05, 0.1) is 18.2 Å². The summed E-state index contributed by atoms with van der Waals surface area (Å²) in [6.45, 7) is 4.19. The Morgan fingerprint density at radius 1 is 1.00 bits per heavy atom. The van der Waals surface area contributed by atoms with Gasteiger partial charge in [-0.2, -0.15) is 4.98 Å². The second-order valence-electron chi connectivity index (χ2n) is 8.64. The number of quaternary nitrogens is 1. The van der Waals surface area contributed by atoms with Crippen LogP contribution in [-0.4, -0.2) is 71.2 Å². The monoisotopic (exact) mass is 461 g/mol. The van der Waals surface area contributed by atoms with E-state index >= 15 is 0 Å². The molecule has 4 N–H and O–H groups in total. The number of hydrogen-bond acceptors (Lipinski definition) is 8. The van der Waals surface area contributed by atoms with Gasteiger partial charge in [-0.1, -0.05) is 24.4 Å². The quantitative estimate of drug-likeness (QED) is 0.579. The minimum absolute atomic E-state index is 0.475. The molecule has 3 heterocycles. The molecular weight excluding hydrogens is 428 g/mol. The number of ether oxygens (including phenoxy) is 1. The van der Waals surface area contributed by atoms with E-state index in [-0.39, 0.29) is 0 Å². The smallest absolute Gasteiger partial charge is 0.332 e. The predicted molar refractivity (Wildman–Crippen MR) is 127 cm³/mol. The van der Waals surface area contributed by atoms with Crippen LogP contribution < -0.4 is 20.8 Å². The molecule has 174 valence electrons. The molecule has 32 heavy (non-hydrogen) atoms. The maximum Gasteiger partial charge on any atom is 0.332 e. The number of nitrogens with two attached hydrogens (primary N) is 1. The molecule has 2 fully saturated rings. The van der Waals surface area contributed by atoms with Crippen LogP contribution in [0.1, 0.15) is 38.5 Å². The van der Waals surface area contributed by atoms with Gasteiger partial charge in [0.2, 0.25) is 11.9 Å². The molecule has 0 amide bonds. The van der Waals surface area contributed by atoms with Gasteiger partial charge in [-0.05, 0) is 38.1 Å². The van der Waals surface area contributed by atoms with Gasteiger partial charge in [0, 0.05) is 44.7 Å². The van der Waals surface area contributed by atoms with E-state index in [2.05, 4.69) is 38.0 Å². The molecule has 9 nitrogen and oxygen atoms in total. The number of anilines is 3. The number of methoxy groups -OCH3 is 1. The Labute approximate surface area is 194 Å². The number of piperidine rings is 1. The first-order chi connectivity index (χ1) is 15.6. The molecule has 2 aliphatic heterocycles. The van der Waals surface area contributed by atoms with Crippen molar-refractivity contribution >= 4 is 35.1 Å². The lowest BCUT2D eigenvalue weighted by molar-refractivity contribution is -0.621. The first-order valence-electron chi connectivity index (χ1n) is 11.5. The molecule has 0 unspecified atom stereocenters. The molecule has 1 aromatic carbocycles. The van der Waals surface area contributed by atoms with E-state index < -0.39 is 0 Å². The van der Waals surface area contributed by atoms with Crippen molar-refractivity contribution in [2.75, 3.05) is 51.1 Å². The summed E-state index contributed by atoms with van der Waals surface area (Å²) in [4.78, 5) is 16.4. The summed E-state index contributed by atoms with van der Waals surface area (Å²) >= 11 is 6.30. The molecule has 0 aliphatic carbocycles. The molecule has 2 aliphatic rings. The van der Waals surface area contributed by atoms with Gasteiger partial charge in [-0.3, -0.25) is 10.7 Å². The third-order valence-electron chi connectivity index (χ3n) is 6.07. The van der Waals surface area contributed by atoms with E-state index in [1.165, 1.54) is 25.7 Å². The van der Waals surface area contributed by atoms with Gasteiger partial charge in [0.1, 0.15) is 5.75 Å². The summed E-state index contributed by atoms with van der Waals surface area (Å²) in [6, 6.07) is 6.01. The number of rotatable bonds is 7. The number of nitrogens with zero attached hydrogens (tertiary/aromatic N) is 5. The van der Waals surface area contributed by atoms with Crippen molar-refractivity contribution in [3.63, 3.8) is 0 Å². The fraction of sp³-hybridized carbons (Fsp3) is 0.591. The van der Waals surface area contributed by atoms with Crippen LogP contribution >= 0.6 is 11.6 Å². The standard InChI is InChI=1S/C22H33ClN8O/c1-30-13-9-16(10-14-30)24-20-26-21(25-17-7-8-19(32-2)18(23)15-17)28-22(27-20)29-31-11-5-3-4-6-12-31/h7-8,15-16H,3-6,9-14H2,1-2H3,(H3,24,25,26,27,28,29)/p+1. The second kappa shape index (κ2) is 11.1. The molecule has 0 saturated carbocycles. The highest BCUT2D eigenvalue weighted by atomic mass is 35.5. The van der Waals surface area contributed by atoms with Crippen LogP contribution in [0.4, 0.5) is 23.5 Å². The zero-order valence-electron chi connectivity index (χ0n) is 19.0. The Kier molecular flexibility index (Phi) is 7.96. The number of hydrogen-bond donors (Lipinski definition) is 3. The molecule has 10 heteroatoms. The van der Waals surface area contributed by atoms with Gasteiger partial charge in [-0.15, -0.1) is 9.97 Å². The topological polar surface area (TPSA) is 95.0 Å². The summed E-state index contributed by atoms with van der Waals surface area (Å²) in [5.74, 6) is 2.41. The van der Waals surface area contributed by atoms with E-state index in [1.54, 1.807) is 7.11 Å². The first kappa shape index (κ1) is 23.0. The van der Waals surface area contributed by atoms with Gasteiger partial charge in [0.15, 0.2) is 0 Å². The van der Waals surface area contributed by atoms with E-state index in [0.717, 1.165) is 44.7 Å².